The predicted molar refractivity (Wildman–Crippen MR) is 145 cm³/mol. The molecule has 4 atom stereocenters. The van der Waals surface area contributed by atoms with Crippen LogP contribution in [0.4, 0.5) is 10.2 Å². The van der Waals surface area contributed by atoms with E-state index in [1.807, 2.05) is 11.9 Å². The van der Waals surface area contributed by atoms with Crippen LogP contribution in [0, 0.1) is 11.8 Å². The van der Waals surface area contributed by atoms with Gasteiger partial charge in [-0.3, -0.25) is 0 Å². The van der Waals surface area contributed by atoms with E-state index in [9.17, 15) is 5.11 Å². The van der Waals surface area contributed by atoms with Crippen LogP contribution in [-0.2, 0) is 0 Å². The quantitative estimate of drug-likeness (QED) is 0.258. The Labute approximate surface area is 225 Å². The van der Waals surface area contributed by atoms with Gasteiger partial charge < -0.3 is 14.7 Å². The van der Waals surface area contributed by atoms with E-state index in [0.29, 0.717) is 28.4 Å². The number of halogens is 1. The summed E-state index contributed by atoms with van der Waals surface area (Å²) in [5.74, 6) is 1.66. The van der Waals surface area contributed by atoms with E-state index in [2.05, 4.69) is 63.3 Å². The summed E-state index contributed by atoms with van der Waals surface area (Å²) in [6.07, 6.45) is 7.34. The molecule has 8 nitrogen and oxygen atoms in total. The number of ether oxygens (including phenoxy) is 1. The molecule has 0 amide bonds. The summed E-state index contributed by atoms with van der Waals surface area (Å²) in [4.78, 5) is 6.28. The van der Waals surface area contributed by atoms with E-state index in [1.165, 1.54) is 6.42 Å². The monoisotopic (exact) mass is 546 g/mol. The van der Waals surface area contributed by atoms with Crippen LogP contribution >= 0.6 is 37.9 Å². The Bertz CT molecular complexity index is 1230. The highest BCUT2D eigenvalue weighted by atomic mass is 32.2. The molecule has 12 heteroatoms. The van der Waals surface area contributed by atoms with Gasteiger partial charge in [-0.2, -0.15) is 5.10 Å². The number of aromatic nitrogens is 5. The van der Waals surface area contributed by atoms with Gasteiger partial charge in [-0.1, -0.05) is 18.9 Å². The van der Waals surface area contributed by atoms with E-state index in [-0.39, 0.29) is 29.4 Å². The molecule has 2 heterocycles. The first-order valence-electron chi connectivity index (χ1n) is 11.8. The number of nitrogens with zero attached hydrogens (tertiary/aromatic N) is 6. The molecule has 36 heavy (non-hydrogen) atoms. The molecule has 0 aliphatic heterocycles. The molecule has 1 aromatic carbocycles. The smallest absolute Gasteiger partial charge is 0.243 e. The minimum Gasteiger partial charge on any atom is -0.507 e. The van der Waals surface area contributed by atoms with Gasteiger partial charge >= 0.3 is 0 Å². The van der Waals surface area contributed by atoms with Gasteiger partial charge in [0, 0.05) is 18.7 Å². The number of aromatic hydroxyl groups is 1. The van der Waals surface area contributed by atoms with Gasteiger partial charge in [0.2, 0.25) is 9.48 Å². The summed E-state index contributed by atoms with van der Waals surface area (Å²) >= 11 is 12.3. The van der Waals surface area contributed by atoms with Crippen LogP contribution in [0.1, 0.15) is 32.1 Å². The number of hydrogen-bond acceptors (Lipinski definition) is 11. The van der Waals surface area contributed by atoms with Crippen molar-refractivity contribution in [1.29, 1.82) is 0 Å². The first kappa shape index (κ1) is 25.3. The number of rotatable bonds is 6. The first-order chi connectivity index (χ1) is 17.2. The third-order valence-electron chi connectivity index (χ3n) is 7.07. The van der Waals surface area contributed by atoms with Crippen LogP contribution < -0.4 is 9.64 Å². The number of benzene rings is 1. The highest BCUT2D eigenvalue weighted by molar-refractivity contribution is 8.16. The van der Waals surface area contributed by atoms with E-state index in [0.717, 1.165) is 25.7 Å². The van der Waals surface area contributed by atoms with Gasteiger partial charge in [-0.05, 0) is 48.8 Å². The SMILES string of the molecule is CN(c1cnc(-c2ccc(-c3cnnc(OC(S)(S)S)c3)cc2O)nn1)[C@H]1C[C@@H]2CCC[C@@H](C2)[C@H]1F. The maximum absolute atomic E-state index is 15.2. The van der Waals surface area contributed by atoms with Crippen molar-refractivity contribution in [3.05, 3.63) is 36.7 Å². The van der Waals surface area contributed by atoms with Crippen molar-refractivity contribution < 1.29 is 14.2 Å². The maximum Gasteiger partial charge on any atom is 0.243 e. The Morgan fingerprint density at radius 3 is 2.61 bits per heavy atom. The summed E-state index contributed by atoms with van der Waals surface area (Å²) in [6, 6.07) is 6.49. The summed E-state index contributed by atoms with van der Waals surface area (Å²) < 4.78 is 19.2. The largest absolute Gasteiger partial charge is 0.507 e. The van der Waals surface area contributed by atoms with E-state index >= 15 is 4.39 Å². The zero-order chi connectivity index (χ0) is 25.4. The lowest BCUT2D eigenvalue weighted by atomic mass is 9.69. The normalized spacial score (nSPS) is 23.8. The number of hydrogen-bond donors (Lipinski definition) is 4. The van der Waals surface area contributed by atoms with Crippen LogP contribution in [0.25, 0.3) is 22.5 Å². The summed E-state index contributed by atoms with van der Waals surface area (Å²) in [6.45, 7) is 0. The second-order valence-electron chi connectivity index (χ2n) is 9.48. The second-order valence-corrected chi connectivity index (χ2v) is 12.4. The molecule has 2 aromatic heterocycles. The lowest BCUT2D eigenvalue weighted by Gasteiger charge is -2.45. The predicted octanol–water partition coefficient (Wildman–Crippen LogP) is 4.83. The van der Waals surface area contributed by atoms with Gasteiger partial charge in [0.25, 0.3) is 0 Å². The third-order valence-corrected chi connectivity index (χ3v) is 7.34. The van der Waals surface area contributed by atoms with Crippen molar-refractivity contribution in [3.8, 4) is 34.1 Å². The lowest BCUT2D eigenvalue weighted by molar-refractivity contribution is 0.0656. The van der Waals surface area contributed by atoms with Gasteiger partial charge in [-0.25, -0.2) is 9.37 Å². The Morgan fingerprint density at radius 2 is 1.89 bits per heavy atom. The molecule has 0 radical (unpaired) electrons. The first-order valence-corrected chi connectivity index (χ1v) is 13.1. The topological polar surface area (TPSA) is 97.2 Å². The van der Waals surface area contributed by atoms with Crippen LogP contribution in [0.2, 0.25) is 0 Å². The summed E-state index contributed by atoms with van der Waals surface area (Å²) in [7, 11) is 1.86. The average molecular weight is 547 g/mol. The van der Waals surface area contributed by atoms with Crippen molar-refractivity contribution in [2.75, 3.05) is 11.9 Å². The molecule has 3 aromatic rings. The molecule has 2 fully saturated rings. The molecular formula is C24H27FN6O2S3. The Kier molecular flexibility index (Phi) is 7.19. The average Bonchev–Trinajstić information content (AvgIpc) is 2.85. The summed E-state index contributed by atoms with van der Waals surface area (Å²) in [5, 5.41) is 27.0. The Balaban J connectivity index is 1.33. The second kappa shape index (κ2) is 10.2. The third kappa shape index (κ3) is 5.50. The number of phenols is 1. The van der Waals surface area contributed by atoms with Crippen LogP contribution in [0.15, 0.2) is 36.7 Å². The maximum atomic E-state index is 15.2. The van der Waals surface area contributed by atoms with E-state index in [4.69, 9.17) is 4.74 Å². The fourth-order valence-electron chi connectivity index (χ4n) is 5.31. The number of anilines is 1. The molecule has 0 spiro atoms. The molecule has 1 N–H and O–H groups in total. The Morgan fingerprint density at radius 1 is 1.06 bits per heavy atom. The molecule has 2 saturated carbocycles. The van der Waals surface area contributed by atoms with Crippen molar-refractivity contribution in [3.63, 3.8) is 0 Å². The van der Waals surface area contributed by atoms with Gasteiger partial charge in [0.1, 0.15) is 11.9 Å². The van der Waals surface area contributed by atoms with Crippen molar-refractivity contribution in [1.82, 2.24) is 25.4 Å². The fourth-order valence-corrected chi connectivity index (χ4v) is 5.59. The molecule has 190 valence electrons. The molecule has 2 aliphatic carbocycles. The minimum absolute atomic E-state index is 0.0226. The molecule has 2 bridgehead atoms. The summed E-state index contributed by atoms with van der Waals surface area (Å²) in [5.41, 5.74) is 1.77. The molecule has 5 rings (SSSR count). The van der Waals surface area contributed by atoms with Crippen LogP contribution in [0.3, 0.4) is 0 Å². The number of thiol groups is 3. The molecule has 0 saturated heterocycles. The number of phenolic OH excluding ortho intramolecular Hbond substituents is 1. The molecule has 0 unspecified atom stereocenters. The van der Waals surface area contributed by atoms with E-state index < -0.39 is 9.77 Å². The zero-order valence-corrected chi connectivity index (χ0v) is 22.3. The fraction of sp³-hybridized carbons (Fsp3) is 0.458. The van der Waals surface area contributed by atoms with Crippen molar-refractivity contribution in [2.24, 2.45) is 11.8 Å². The van der Waals surface area contributed by atoms with Gasteiger partial charge in [-0.15, -0.1) is 53.2 Å². The van der Waals surface area contributed by atoms with Crippen molar-refractivity contribution in [2.45, 2.75) is 47.9 Å². The van der Waals surface area contributed by atoms with Crippen LogP contribution in [0.5, 0.6) is 11.6 Å². The van der Waals surface area contributed by atoms with E-state index in [1.54, 1.807) is 36.7 Å². The highest BCUT2D eigenvalue weighted by Crippen LogP contribution is 2.43. The van der Waals surface area contributed by atoms with Gasteiger partial charge in [0.05, 0.1) is 24.0 Å². The van der Waals surface area contributed by atoms with Crippen LogP contribution in [-0.4, -0.2) is 53.3 Å². The van der Waals surface area contributed by atoms with Gasteiger partial charge in [0.15, 0.2) is 11.6 Å². The molecular weight excluding hydrogens is 520 g/mol. The Hall–Kier alpha value is -2.31. The highest BCUT2D eigenvalue weighted by Gasteiger charge is 2.42. The minimum atomic E-state index is -1.31. The number of fused-ring (bicyclic) bond motifs is 2. The molecule has 2 aliphatic rings. The zero-order valence-electron chi connectivity index (χ0n) is 19.6. The lowest BCUT2D eigenvalue weighted by Crippen LogP contribution is -2.49. The number of alkyl halides is 1. The standard InChI is InChI=1S/C24H27FN6O2S3/c1-31(18-8-13-3-2-4-15(7-13)22(18)25)20-12-26-23(30-28-20)17-6-5-14(9-19(17)32)16-10-21(29-27-11-16)33-24(34,35)36/h5-6,9-13,15,18,22,32,34-36H,2-4,7-8H2,1H3/t13-,15+,18+,22-/m1/s1. The van der Waals surface area contributed by atoms with Crippen molar-refractivity contribution >= 4 is 43.7 Å².